The Morgan fingerprint density at radius 2 is 1.12 bits per heavy atom. The lowest BCUT2D eigenvalue weighted by Gasteiger charge is -2.42. The minimum Gasteiger partial charge on any atom is -0.394 e. The standard InChI is InChI=1S/C22H34N2O4.C20H30N2O6/c1-6-20-15(3)21(19(13-27-20)24-17(5)25)28-16(4)22(26)23-14(2)12-18-10-8-7-9-11-18;1-12(9-15-7-5-4-6-8-15)21-20(26)13(2)28-19-16(22-14(3)24)11-27-17(10-23)18(19)25/h7-11,14-16,19-21H,6,12-13H2,1-5H3,(H,23,26)(H,24,25);4-8,12-13,16-19,23,25H,9-11H2,1-3H3,(H,21,26)(H,22,24)/t14-,15+,16+,19-,20?,21?;12-,13+,16-,17?,18+,19?/m00/s1. The Bertz CT molecular complexity index is 1390. The molecule has 4 amide bonds. The topological polar surface area (TPSA) is 194 Å². The van der Waals surface area contributed by atoms with Crippen molar-refractivity contribution in [2.24, 2.45) is 5.92 Å². The van der Waals surface area contributed by atoms with Crippen LogP contribution in [-0.2, 0) is 51.0 Å². The van der Waals surface area contributed by atoms with Crippen molar-refractivity contribution in [2.75, 3.05) is 19.8 Å². The third-order valence-corrected chi connectivity index (χ3v) is 9.96. The fourth-order valence-corrected chi connectivity index (χ4v) is 7.09. The molecule has 312 valence electrons. The van der Waals surface area contributed by atoms with Crippen LogP contribution in [-0.4, -0.2) is 121 Å². The molecule has 2 saturated heterocycles. The van der Waals surface area contributed by atoms with Crippen LogP contribution in [0.2, 0.25) is 0 Å². The quantitative estimate of drug-likeness (QED) is 0.147. The summed E-state index contributed by atoms with van der Waals surface area (Å²) in [7, 11) is 0. The molecule has 12 atom stereocenters. The zero-order chi connectivity index (χ0) is 41.4. The lowest BCUT2D eigenvalue weighted by molar-refractivity contribution is -0.193. The number of aliphatic hydroxyl groups is 2. The molecule has 2 aromatic rings. The fraction of sp³-hybridized carbons (Fsp3) is 0.619. The number of hydrogen-bond donors (Lipinski definition) is 6. The molecule has 0 radical (unpaired) electrons. The SMILES string of the molecule is CC(=O)N[C@H]1COC(CO)[C@@H](O)C1O[C@H](C)C(=O)N[C@@H](C)Cc1ccccc1.CCC1OC[C@H](NC(C)=O)C(O[C@H](C)C(=O)N[C@@H](C)Cc2ccccc2)[C@@H]1C. The van der Waals surface area contributed by atoms with Crippen LogP contribution in [0.15, 0.2) is 60.7 Å². The van der Waals surface area contributed by atoms with Gasteiger partial charge in [0.25, 0.3) is 0 Å². The Morgan fingerprint density at radius 3 is 1.54 bits per heavy atom. The maximum atomic E-state index is 12.6. The third kappa shape index (κ3) is 14.9. The summed E-state index contributed by atoms with van der Waals surface area (Å²) in [5.41, 5.74) is 2.29. The van der Waals surface area contributed by atoms with Crippen LogP contribution in [0.25, 0.3) is 0 Å². The van der Waals surface area contributed by atoms with Gasteiger partial charge in [-0.1, -0.05) is 74.5 Å². The molecule has 0 bridgehead atoms. The van der Waals surface area contributed by atoms with Crippen molar-refractivity contribution in [2.45, 2.75) is 142 Å². The molecular formula is C42H64N4O10. The molecule has 6 N–H and O–H groups in total. The van der Waals surface area contributed by atoms with Gasteiger partial charge >= 0.3 is 0 Å². The molecule has 2 aromatic carbocycles. The predicted octanol–water partition coefficient (Wildman–Crippen LogP) is 2.22. The van der Waals surface area contributed by atoms with Gasteiger partial charge in [-0.05, 0) is 58.1 Å². The van der Waals surface area contributed by atoms with Crippen LogP contribution < -0.4 is 21.3 Å². The number of aliphatic hydroxyl groups excluding tert-OH is 2. The van der Waals surface area contributed by atoms with Gasteiger partial charge in [0.2, 0.25) is 23.6 Å². The van der Waals surface area contributed by atoms with Crippen molar-refractivity contribution >= 4 is 23.6 Å². The average molecular weight is 785 g/mol. The molecule has 0 aromatic heterocycles. The molecule has 2 aliphatic heterocycles. The van der Waals surface area contributed by atoms with Gasteiger partial charge in [0, 0.05) is 31.8 Å². The molecule has 56 heavy (non-hydrogen) atoms. The van der Waals surface area contributed by atoms with Crippen molar-refractivity contribution in [3.05, 3.63) is 71.8 Å². The smallest absolute Gasteiger partial charge is 0.249 e. The van der Waals surface area contributed by atoms with Crippen LogP contribution >= 0.6 is 0 Å². The second-order valence-corrected chi connectivity index (χ2v) is 15.0. The second-order valence-electron chi connectivity index (χ2n) is 15.0. The summed E-state index contributed by atoms with van der Waals surface area (Å²) >= 11 is 0. The predicted molar refractivity (Wildman–Crippen MR) is 211 cm³/mol. The van der Waals surface area contributed by atoms with E-state index in [1.54, 1.807) is 13.8 Å². The maximum absolute atomic E-state index is 12.6. The van der Waals surface area contributed by atoms with Gasteiger partial charge in [-0.15, -0.1) is 0 Å². The van der Waals surface area contributed by atoms with Gasteiger partial charge in [0.05, 0.1) is 44.1 Å². The zero-order valence-corrected chi connectivity index (χ0v) is 34.1. The Labute approximate surface area is 331 Å². The summed E-state index contributed by atoms with van der Waals surface area (Å²) < 4.78 is 23.2. The largest absolute Gasteiger partial charge is 0.394 e. The number of hydrogen-bond acceptors (Lipinski definition) is 10. The van der Waals surface area contributed by atoms with Crippen LogP contribution in [0.3, 0.4) is 0 Å². The number of amides is 4. The van der Waals surface area contributed by atoms with E-state index in [1.807, 2.05) is 62.4 Å². The molecule has 0 aliphatic carbocycles. The van der Waals surface area contributed by atoms with Gasteiger partial charge in [0.1, 0.15) is 30.5 Å². The average Bonchev–Trinajstić information content (AvgIpc) is 3.15. The maximum Gasteiger partial charge on any atom is 0.249 e. The van der Waals surface area contributed by atoms with Gasteiger partial charge in [-0.2, -0.15) is 0 Å². The van der Waals surface area contributed by atoms with Crippen LogP contribution in [0.5, 0.6) is 0 Å². The molecule has 4 rings (SSSR count). The monoisotopic (exact) mass is 784 g/mol. The van der Waals surface area contributed by atoms with Gasteiger partial charge < -0.3 is 50.4 Å². The lowest BCUT2D eigenvalue weighted by Crippen LogP contribution is -2.62. The zero-order valence-electron chi connectivity index (χ0n) is 34.1. The summed E-state index contributed by atoms with van der Waals surface area (Å²) in [6.45, 7) is 14.3. The van der Waals surface area contributed by atoms with Crippen LogP contribution in [0, 0.1) is 5.92 Å². The number of carbonyl (C=O) groups excluding carboxylic acids is 4. The van der Waals surface area contributed by atoms with E-state index in [0.717, 1.165) is 18.4 Å². The first-order valence-corrected chi connectivity index (χ1v) is 19.7. The highest BCUT2D eigenvalue weighted by atomic mass is 16.6. The van der Waals surface area contributed by atoms with Crippen molar-refractivity contribution in [3.8, 4) is 0 Å². The first-order valence-electron chi connectivity index (χ1n) is 19.7. The van der Waals surface area contributed by atoms with Crippen molar-refractivity contribution < 1.29 is 48.3 Å². The Morgan fingerprint density at radius 1 is 0.714 bits per heavy atom. The first-order chi connectivity index (χ1) is 26.6. The summed E-state index contributed by atoms with van der Waals surface area (Å²) in [5, 5.41) is 31.3. The van der Waals surface area contributed by atoms with E-state index in [9.17, 15) is 29.4 Å². The number of benzene rings is 2. The van der Waals surface area contributed by atoms with Crippen LogP contribution in [0.4, 0.5) is 0 Å². The summed E-state index contributed by atoms with van der Waals surface area (Å²) in [6.07, 6.45) is -2.25. The van der Waals surface area contributed by atoms with E-state index < -0.39 is 36.6 Å². The number of carbonyl (C=O) groups is 4. The molecule has 0 saturated carbocycles. The molecule has 14 heteroatoms. The Hall–Kier alpha value is -3.92. The molecule has 2 fully saturated rings. The van der Waals surface area contributed by atoms with Crippen molar-refractivity contribution in [3.63, 3.8) is 0 Å². The lowest BCUT2D eigenvalue weighted by atomic mass is 9.88. The van der Waals surface area contributed by atoms with E-state index in [4.69, 9.17) is 18.9 Å². The van der Waals surface area contributed by atoms with E-state index in [0.29, 0.717) is 13.0 Å². The summed E-state index contributed by atoms with van der Waals surface area (Å²) in [4.78, 5) is 48.1. The number of rotatable bonds is 16. The number of ether oxygens (including phenoxy) is 4. The van der Waals surface area contributed by atoms with E-state index in [1.165, 1.54) is 19.4 Å². The fourth-order valence-electron chi connectivity index (χ4n) is 7.09. The summed E-state index contributed by atoms with van der Waals surface area (Å²) in [5.74, 6) is -0.808. The van der Waals surface area contributed by atoms with Gasteiger partial charge in [-0.25, -0.2) is 0 Å². The first kappa shape index (κ1) is 46.5. The highest BCUT2D eigenvalue weighted by Gasteiger charge is 2.42. The molecule has 2 aliphatic rings. The van der Waals surface area contributed by atoms with Crippen molar-refractivity contribution in [1.29, 1.82) is 0 Å². The second kappa shape index (κ2) is 23.3. The minimum atomic E-state index is -1.17. The molecule has 4 unspecified atom stereocenters. The highest BCUT2D eigenvalue weighted by molar-refractivity contribution is 5.81. The van der Waals surface area contributed by atoms with Crippen LogP contribution in [0.1, 0.15) is 72.9 Å². The molecular weight excluding hydrogens is 720 g/mol. The highest BCUT2D eigenvalue weighted by Crippen LogP contribution is 2.27. The molecule has 0 spiro atoms. The van der Waals surface area contributed by atoms with Crippen molar-refractivity contribution in [1.82, 2.24) is 21.3 Å². The third-order valence-electron chi connectivity index (χ3n) is 9.96. The van der Waals surface area contributed by atoms with E-state index in [-0.39, 0.29) is 73.1 Å². The molecule has 14 nitrogen and oxygen atoms in total. The molecule has 2 heterocycles. The Kier molecular flexibility index (Phi) is 19.4. The number of nitrogens with one attached hydrogen (secondary N) is 4. The minimum absolute atomic E-state index is 0.00240. The van der Waals surface area contributed by atoms with Gasteiger partial charge in [-0.3, -0.25) is 19.2 Å². The normalized spacial score (nSPS) is 26.9. The Balaban J connectivity index is 0.000000300. The summed E-state index contributed by atoms with van der Waals surface area (Å²) in [6, 6.07) is 18.9. The van der Waals surface area contributed by atoms with E-state index >= 15 is 0 Å². The van der Waals surface area contributed by atoms with E-state index in [2.05, 4.69) is 47.2 Å². The van der Waals surface area contributed by atoms with Gasteiger partial charge in [0.15, 0.2) is 0 Å².